The van der Waals surface area contributed by atoms with Crippen molar-refractivity contribution >= 4 is 5.78 Å². The first-order valence-electron chi connectivity index (χ1n) is 2.49. The molecule has 54 valence electrons. The molecule has 0 rings (SSSR count). The number of hydrogen-bond donors (Lipinski definition) is 1. The Bertz CT molecular complexity index is 103. The van der Waals surface area contributed by atoms with E-state index in [1.807, 2.05) is 0 Å². The fraction of sp³-hybridized carbons (Fsp3) is 0.800. The second-order valence-electron chi connectivity index (χ2n) is 1.81. The average molecular weight is 138 g/mol. The number of Topliss-reactive ketones (excluding diaryl/α,β-unsaturated/α-hetero) is 1. The largest absolute Gasteiger partial charge is 0.387 e. The molecule has 0 aromatic carbocycles. The third-order valence-electron chi connectivity index (χ3n) is 0.787. The molecule has 0 saturated carbocycles. The zero-order chi connectivity index (χ0) is 7.44. The zero-order valence-corrected chi connectivity index (χ0v) is 4.97. The second-order valence-corrected chi connectivity index (χ2v) is 1.81. The maximum absolute atomic E-state index is 11.4. The molecule has 0 bridgehead atoms. The maximum Gasteiger partial charge on any atom is 0.264 e. The topological polar surface area (TPSA) is 37.3 Å². The third-order valence-corrected chi connectivity index (χ3v) is 0.787. The molecule has 0 heterocycles. The van der Waals surface area contributed by atoms with Crippen LogP contribution in [0.3, 0.4) is 0 Å². The molecule has 2 nitrogen and oxygen atoms in total. The summed E-state index contributed by atoms with van der Waals surface area (Å²) in [5.41, 5.74) is 0. The van der Waals surface area contributed by atoms with Crippen LogP contribution in [0.25, 0.3) is 0 Å². The van der Waals surface area contributed by atoms with Gasteiger partial charge in [-0.15, -0.1) is 0 Å². The fourth-order valence-electron chi connectivity index (χ4n) is 0.384. The highest BCUT2D eigenvalue weighted by Gasteiger charge is 2.17. The SMILES string of the molecule is CC(=O)C[C@@H](O)C(F)F. The number of alkyl halides is 2. The lowest BCUT2D eigenvalue weighted by molar-refractivity contribution is -0.121. The van der Waals surface area contributed by atoms with Gasteiger partial charge in [0.25, 0.3) is 6.43 Å². The van der Waals surface area contributed by atoms with Crippen molar-refractivity contribution in [2.45, 2.75) is 25.9 Å². The third kappa shape index (κ3) is 4.02. The zero-order valence-electron chi connectivity index (χ0n) is 4.97. The van der Waals surface area contributed by atoms with Crippen LogP contribution in [0.4, 0.5) is 8.78 Å². The van der Waals surface area contributed by atoms with E-state index >= 15 is 0 Å². The molecule has 0 aliphatic carbocycles. The average Bonchev–Trinajstić information content (AvgIpc) is 1.63. The second kappa shape index (κ2) is 3.50. The van der Waals surface area contributed by atoms with E-state index in [4.69, 9.17) is 5.11 Å². The van der Waals surface area contributed by atoms with Gasteiger partial charge in [-0.2, -0.15) is 0 Å². The molecule has 0 spiro atoms. The molecule has 1 N–H and O–H groups in total. The van der Waals surface area contributed by atoms with Crippen LogP contribution in [0.2, 0.25) is 0 Å². The molecule has 4 heteroatoms. The molecule has 0 aliphatic rings. The first kappa shape index (κ1) is 8.49. The van der Waals surface area contributed by atoms with Gasteiger partial charge in [0.2, 0.25) is 0 Å². The lowest BCUT2D eigenvalue weighted by atomic mass is 10.2. The summed E-state index contributed by atoms with van der Waals surface area (Å²) < 4.78 is 22.8. The number of hydrogen-bond acceptors (Lipinski definition) is 2. The van der Waals surface area contributed by atoms with Crippen LogP contribution in [0.1, 0.15) is 13.3 Å². The lowest BCUT2D eigenvalue weighted by Crippen LogP contribution is -2.19. The Morgan fingerprint density at radius 3 is 2.22 bits per heavy atom. The summed E-state index contributed by atoms with van der Waals surface area (Å²) >= 11 is 0. The molecule has 1 atom stereocenters. The first-order valence-corrected chi connectivity index (χ1v) is 2.49. The van der Waals surface area contributed by atoms with Crippen molar-refractivity contribution in [2.24, 2.45) is 0 Å². The minimum absolute atomic E-state index is 0.428. The summed E-state index contributed by atoms with van der Waals surface area (Å²) in [6, 6.07) is 0. The van der Waals surface area contributed by atoms with Gasteiger partial charge in [0.1, 0.15) is 11.9 Å². The summed E-state index contributed by atoms with van der Waals surface area (Å²) in [5, 5.41) is 8.33. The molecular formula is C5H8F2O2. The Balaban J connectivity index is 3.50. The Labute approximate surface area is 51.5 Å². The number of ketones is 1. The smallest absolute Gasteiger partial charge is 0.264 e. The van der Waals surface area contributed by atoms with Gasteiger partial charge in [0, 0.05) is 6.42 Å². The standard InChI is InChI=1S/C5H8F2O2/c1-3(8)2-4(9)5(6)7/h4-5,9H,2H2,1H3/t4-/m1/s1. The van der Waals surface area contributed by atoms with Gasteiger partial charge < -0.3 is 5.11 Å². The Morgan fingerprint density at radius 2 is 2.11 bits per heavy atom. The molecule has 9 heavy (non-hydrogen) atoms. The lowest BCUT2D eigenvalue weighted by Gasteiger charge is -2.04. The van der Waals surface area contributed by atoms with Crippen molar-refractivity contribution in [3.63, 3.8) is 0 Å². The molecule has 0 radical (unpaired) electrons. The van der Waals surface area contributed by atoms with Crippen molar-refractivity contribution < 1.29 is 18.7 Å². The van der Waals surface area contributed by atoms with Crippen molar-refractivity contribution in [1.82, 2.24) is 0 Å². The van der Waals surface area contributed by atoms with Crippen molar-refractivity contribution in [3.05, 3.63) is 0 Å². The monoisotopic (exact) mass is 138 g/mol. The predicted octanol–water partition coefficient (Wildman–Crippen LogP) is 0.591. The van der Waals surface area contributed by atoms with Crippen LogP contribution in [-0.2, 0) is 4.79 Å². The minimum Gasteiger partial charge on any atom is -0.387 e. The number of aliphatic hydroxyl groups is 1. The minimum atomic E-state index is -2.81. The van der Waals surface area contributed by atoms with Crippen molar-refractivity contribution in [1.29, 1.82) is 0 Å². The van der Waals surface area contributed by atoms with E-state index in [1.165, 1.54) is 0 Å². The summed E-state index contributed by atoms with van der Waals surface area (Å²) in [6.45, 7) is 1.16. The van der Waals surface area contributed by atoms with Crippen LogP contribution in [0.5, 0.6) is 0 Å². The summed E-state index contributed by atoms with van der Waals surface area (Å²) in [4.78, 5) is 10.1. The summed E-state index contributed by atoms with van der Waals surface area (Å²) in [5.74, 6) is -0.428. The van der Waals surface area contributed by atoms with Gasteiger partial charge in [-0.1, -0.05) is 0 Å². The molecule has 0 amide bonds. The number of carbonyl (C=O) groups excluding carboxylic acids is 1. The normalized spacial score (nSPS) is 13.9. The predicted molar refractivity (Wildman–Crippen MR) is 27.3 cm³/mol. The van der Waals surface area contributed by atoms with E-state index in [0.717, 1.165) is 6.92 Å². The van der Waals surface area contributed by atoms with Crippen LogP contribution < -0.4 is 0 Å². The van der Waals surface area contributed by atoms with E-state index in [9.17, 15) is 13.6 Å². The summed E-state index contributed by atoms with van der Waals surface area (Å²) in [7, 11) is 0. The maximum atomic E-state index is 11.4. The molecular weight excluding hydrogens is 130 g/mol. The van der Waals surface area contributed by atoms with Crippen LogP contribution >= 0.6 is 0 Å². The molecule has 0 saturated heterocycles. The van der Waals surface area contributed by atoms with Gasteiger partial charge in [-0.3, -0.25) is 4.79 Å². The van der Waals surface area contributed by atoms with Crippen LogP contribution in [-0.4, -0.2) is 23.4 Å². The highest BCUT2D eigenvalue weighted by molar-refractivity contribution is 5.75. The van der Waals surface area contributed by atoms with Crippen LogP contribution in [0, 0.1) is 0 Å². The molecule has 0 aromatic rings. The Morgan fingerprint density at radius 1 is 1.67 bits per heavy atom. The molecule has 0 fully saturated rings. The van der Waals surface area contributed by atoms with Gasteiger partial charge in [0.15, 0.2) is 0 Å². The van der Waals surface area contributed by atoms with E-state index in [-0.39, 0.29) is 0 Å². The van der Waals surface area contributed by atoms with Crippen LogP contribution in [0.15, 0.2) is 0 Å². The van der Waals surface area contributed by atoms with Gasteiger partial charge >= 0.3 is 0 Å². The van der Waals surface area contributed by atoms with Gasteiger partial charge in [-0.05, 0) is 6.92 Å². The Kier molecular flexibility index (Phi) is 3.30. The highest BCUT2D eigenvalue weighted by atomic mass is 19.3. The number of halogens is 2. The van der Waals surface area contributed by atoms with E-state index in [0.29, 0.717) is 0 Å². The van der Waals surface area contributed by atoms with E-state index in [2.05, 4.69) is 0 Å². The Hall–Kier alpha value is -0.510. The van der Waals surface area contributed by atoms with E-state index < -0.39 is 24.7 Å². The quantitative estimate of drug-likeness (QED) is 0.619. The van der Waals surface area contributed by atoms with Gasteiger partial charge in [0.05, 0.1) is 0 Å². The van der Waals surface area contributed by atoms with Gasteiger partial charge in [-0.25, -0.2) is 8.78 Å². The van der Waals surface area contributed by atoms with Crippen molar-refractivity contribution in [3.8, 4) is 0 Å². The number of rotatable bonds is 3. The van der Waals surface area contributed by atoms with E-state index in [1.54, 1.807) is 0 Å². The summed E-state index contributed by atoms with van der Waals surface area (Å²) in [6.07, 6.45) is -5.06. The number of carbonyl (C=O) groups is 1. The first-order chi connectivity index (χ1) is 4.04. The molecule has 0 aliphatic heterocycles. The molecule has 0 aromatic heterocycles. The highest BCUT2D eigenvalue weighted by Crippen LogP contribution is 2.04. The molecule has 0 unspecified atom stereocenters. The fourth-order valence-corrected chi connectivity index (χ4v) is 0.384. The number of aliphatic hydroxyl groups excluding tert-OH is 1. The van der Waals surface area contributed by atoms with Crippen molar-refractivity contribution in [2.75, 3.05) is 0 Å².